The lowest BCUT2D eigenvalue weighted by molar-refractivity contribution is 0.0729. The highest BCUT2D eigenvalue weighted by Gasteiger charge is 2.36. The number of hydrogen-bond acceptors (Lipinski definition) is 5. The van der Waals surface area contributed by atoms with Gasteiger partial charge in [-0.15, -0.1) is 10.2 Å². The van der Waals surface area contributed by atoms with Gasteiger partial charge in [-0.2, -0.15) is 5.10 Å². The van der Waals surface area contributed by atoms with Crippen LogP contribution < -0.4 is 0 Å². The number of likely N-dealkylation sites (tertiary alicyclic amines) is 1. The first-order chi connectivity index (χ1) is 17.5. The molecule has 0 N–H and O–H groups in total. The van der Waals surface area contributed by atoms with Crippen molar-refractivity contribution in [3.05, 3.63) is 59.3 Å². The topological polar surface area (TPSA) is 81.7 Å². The second-order valence-corrected chi connectivity index (χ2v) is 10.4. The predicted molar refractivity (Wildman–Crippen MR) is 139 cm³/mol. The molecule has 8 nitrogen and oxygen atoms in total. The second kappa shape index (κ2) is 9.15. The Balaban J connectivity index is 1.44. The Morgan fingerprint density at radius 1 is 1.03 bits per heavy atom. The number of amides is 1. The average Bonchev–Trinajstić information content (AvgIpc) is 3.58. The molecule has 1 unspecified atom stereocenters. The molecule has 4 aromatic rings. The minimum atomic E-state index is -0.0527. The molecule has 1 amide bonds. The van der Waals surface area contributed by atoms with Gasteiger partial charge in [0.1, 0.15) is 5.82 Å². The number of aromatic nitrogens is 6. The molecule has 1 fully saturated rings. The van der Waals surface area contributed by atoms with E-state index in [-0.39, 0.29) is 18.0 Å². The van der Waals surface area contributed by atoms with E-state index >= 15 is 0 Å². The summed E-state index contributed by atoms with van der Waals surface area (Å²) in [7, 11) is 0. The van der Waals surface area contributed by atoms with Crippen molar-refractivity contribution >= 4 is 16.9 Å². The van der Waals surface area contributed by atoms with Gasteiger partial charge in [-0.3, -0.25) is 4.79 Å². The van der Waals surface area contributed by atoms with Crippen molar-refractivity contribution in [3.8, 4) is 11.3 Å². The highest BCUT2D eigenvalue weighted by molar-refractivity contribution is 6.06. The molecule has 0 radical (unpaired) electrons. The third-order valence-corrected chi connectivity index (χ3v) is 7.58. The number of nitrogens with zero attached hydrogens (tertiary/aromatic N) is 7. The van der Waals surface area contributed by atoms with Crippen LogP contribution in [0.3, 0.4) is 0 Å². The molecule has 0 aliphatic carbocycles. The van der Waals surface area contributed by atoms with E-state index in [1.165, 1.54) is 12.0 Å². The van der Waals surface area contributed by atoms with Crippen LogP contribution in [-0.4, -0.2) is 46.9 Å². The van der Waals surface area contributed by atoms with Gasteiger partial charge in [0.2, 0.25) is 0 Å². The molecule has 2 aliphatic heterocycles. The van der Waals surface area contributed by atoms with Gasteiger partial charge in [-0.25, -0.2) is 9.67 Å². The molecule has 1 atom stereocenters. The van der Waals surface area contributed by atoms with Crippen LogP contribution in [0.5, 0.6) is 0 Å². The Hall–Kier alpha value is -3.55. The molecule has 3 aromatic heterocycles. The molecule has 186 valence electrons. The Kier molecular flexibility index (Phi) is 5.82. The van der Waals surface area contributed by atoms with Crippen LogP contribution in [0.25, 0.3) is 22.3 Å². The average molecular weight is 484 g/mol. The van der Waals surface area contributed by atoms with Crippen LogP contribution in [0.1, 0.15) is 85.6 Å². The fraction of sp³-hybridized carbons (Fsp3) is 0.464. The number of fused-ring (bicyclic) bond motifs is 2. The minimum absolute atomic E-state index is 0.0209. The number of hydrogen-bond donors (Lipinski definition) is 0. The fourth-order valence-corrected chi connectivity index (χ4v) is 5.63. The van der Waals surface area contributed by atoms with Gasteiger partial charge in [0, 0.05) is 31.1 Å². The Morgan fingerprint density at radius 3 is 2.67 bits per heavy atom. The van der Waals surface area contributed by atoms with Gasteiger partial charge in [0.05, 0.1) is 28.9 Å². The number of aryl methyl sites for hydroxylation is 2. The lowest BCUT2D eigenvalue weighted by Crippen LogP contribution is -2.32. The smallest absolute Gasteiger partial charge is 0.255 e. The molecule has 0 saturated carbocycles. The summed E-state index contributed by atoms with van der Waals surface area (Å²) in [6.45, 7) is 7.90. The molecule has 36 heavy (non-hydrogen) atoms. The van der Waals surface area contributed by atoms with Gasteiger partial charge < -0.3 is 9.47 Å². The lowest BCUT2D eigenvalue weighted by Gasteiger charge is -2.25. The number of rotatable bonds is 4. The van der Waals surface area contributed by atoms with E-state index in [4.69, 9.17) is 4.98 Å². The molecule has 0 spiro atoms. The van der Waals surface area contributed by atoms with Gasteiger partial charge in [0.15, 0.2) is 11.5 Å². The summed E-state index contributed by atoms with van der Waals surface area (Å²) in [5, 5.41) is 14.5. The van der Waals surface area contributed by atoms with Crippen molar-refractivity contribution in [1.29, 1.82) is 0 Å². The molecular weight excluding hydrogens is 450 g/mol. The Bertz CT molecular complexity index is 1420. The van der Waals surface area contributed by atoms with Crippen LogP contribution in [0.4, 0.5) is 0 Å². The number of carbonyl (C=O) groups is 1. The summed E-state index contributed by atoms with van der Waals surface area (Å²) in [6, 6.07) is 10.3. The van der Waals surface area contributed by atoms with Crippen LogP contribution in [0.2, 0.25) is 0 Å². The highest BCUT2D eigenvalue weighted by Crippen LogP contribution is 2.35. The van der Waals surface area contributed by atoms with Crippen LogP contribution >= 0.6 is 0 Å². The maximum absolute atomic E-state index is 14.2. The zero-order valence-corrected chi connectivity index (χ0v) is 21.3. The first kappa shape index (κ1) is 22.9. The fourth-order valence-electron chi connectivity index (χ4n) is 5.63. The van der Waals surface area contributed by atoms with E-state index < -0.39 is 0 Å². The Morgan fingerprint density at radius 2 is 1.86 bits per heavy atom. The van der Waals surface area contributed by atoms with E-state index in [9.17, 15) is 4.79 Å². The third-order valence-electron chi connectivity index (χ3n) is 7.58. The summed E-state index contributed by atoms with van der Waals surface area (Å²) in [6.07, 6.45) is 8.14. The number of benzene rings is 1. The number of pyridine rings is 1. The summed E-state index contributed by atoms with van der Waals surface area (Å²) in [5.41, 5.74) is 4.38. The lowest BCUT2D eigenvalue weighted by atomic mass is 10.0. The first-order valence-electron chi connectivity index (χ1n) is 13.2. The van der Waals surface area contributed by atoms with Crippen LogP contribution in [0.15, 0.2) is 36.5 Å². The zero-order valence-electron chi connectivity index (χ0n) is 21.3. The second-order valence-electron chi connectivity index (χ2n) is 10.4. The summed E-state index contributed by atoms with van der Waals surface area (Å²) in [5.74, 6) is 2.03. The summed E-state index contributed by atoms with van der Waals surface area (Å²) >= 11 is 0. The number of carbonyl (C=O) groups excluding carboxylic acids is 1. The van der Waals surface area contributed by atoms with E-state index in [1.54, 1.807) is 6.20 Å². The SMILES string of the molecule is Cc1ccc(-c2cc(C(=O)N3CCCC3c3nnc4n3CCCCC4)c3cnn(C(C)C)c3n2)cc1. The van der Waals surface area contributed by atoms with E-state index in [0.717, 1.165) is 72.6 Å². The van der Waals surface area contributed by atoms with E-state index in [2.05, 4.69) is 64.9 Å². The van der Waals surface area contributed by atoms with Crippen molar-refractivity contribution < 1.29 is 4.79 Å². The molecule has 0 bridgehead atoms. The van der Waals surface area contributed by atoms with Crippen LogP contribution in [-0.2, 0) is 13.0 Å². The third kappa shape index (κ3) is 3.88. The highest BCUT2D eigenvalue weighted by atomic mass is 16.2. The van der Waals surface area contributed by atoms with Gasteiger partial charge in [0.25, 0.3) is 5.91 Å². The minimum Gasteiger partial charge on any atom is -0.328 e. The molecule has 1 saturated heterocycles. The molecule has 6 rings (SSSR count). The summed E-state index contributed by atoms with van der Waals surface area (Å²) < 4.78 is 4.18. The molecule has 2 aliphatic rings. The largest absolute Gasteiger partial charge is 0.328 e. The van der Waals surface area contributed by atoms with Crippen molar-refractivity contribution in [2.24, 2.45) is 0 Å². The Labute approximate surface area is 211 Å². The predicted octanol–water partition coefficient (Wildman–Crippen LogP) is 5.28. The maximum atomic E-state index is 14.2. The van der Waals surface area contributed by atoms with Crippen molar-refractivity contribution in [2.75, 3.05) is 6.54 Å². The quantitative estimate of drug-likeness (QED) is 0.394. The van der Waals surface area contributed by atoms with Crippen molar-refractivity contribution in [3.63, 3.8) is 0 Å². The molecule has 1 aromatic carbocycles. The first-order valence-corrected chi connectivity index (χ1v) is 13.2. The maximum Gasteiger partial charge on any atom is 0.255 e. The molecule has 8 heteroatoms. The van der Waals surface area contributed by atoms with Crippen molar-refractivity contribution in [2.45, 2.75) is 77.9 Å². The van der Waals surface area contributed by atoms with Gasteiger partial charge >= 0.3 is 0 Å². The van der Waals surface area contributed by atoms with Gasteiger partial charge in [-0.1, -0.05) is 36.2 Å². The van der Waals surface area contributed by atoms with Gasteiger partial charge in [-0.05, 0) is 52.5 Å². The molecular formula is C28H33N7O. The molecule has 5 heterocycles. The normalized spacial score (nSPS) is 18.1. The monoisotopic (exact) mass is 483 g/mol. The van der Waals surface area contributed by atoms with E-state index in [0.29, 0.717) is 12.1 Å². The zero-order chi connectivity index (χ0) is 24.8. The standard InChI is InChI=1S/C28H33N7O/c1-18(2)35-26-22(17-29-35)21(16-23(30-26)20-12-10-19(3)11-13-20)28(36)33-15-7-8-24(33)27-32-31-25-9-5-4-6-14-34(25)27/h10-13,16-18,24H,4-9,14-15H2,1-3H3. The van der Waals surface area contributed by atoms with Crippen LogP contribution in [0, 0.1) is 6.92 Å². The van der Waals surface area contributed by atoms with Crippen molar-refractivity contribution in [1.82, 2.24) is 34.4 Å². The summed E-state index contributed by atoms with van der Waals surface area (Å²) in [4.78, 5) is 21.2. The van der Waals surface area contributed by atoms with E-state index in [1.807, 2.05) is 15.6 Å².